The van der Waals surface area contributed by atoms with Gasteiger partial charge in [0.25, 0.3) is 0 Å². The monoisotopic (exact) mass is 550 g/mol. The Morgan fingerprint density at radius 2 is 0.895 bits per heavy atom. The second-order valence-electron chi connectivity index (χ2n) is 9.34. The molecule has 6 nitrogen and oxygen atoms in total. The summed E-state index contributed by atoms with van der Waals surface area (Å²) >= 11 is 0. The lowest BCUT2D eigenvalue weighted by molar-refractivity contribution is 0.438. The summed E-state index contributed by atoms with van der Waals surface area (Å²) in [4.78, 5) is 0.540. The molecule has 4 aromatic carbocycles. The fourth-order valence-electron chi connectivity index (χ4n) is 4.10. The molecule has 8 heteroatoms. The molecular weight excluding hydrogens is 520 g/mol. The van der Waals surface area contributed by atoms with Gasteiger partial charge in [-0.25, -0.2) is 16.8 Å². The predicted octanol–water partition coefficient (Wildman–Crippen LogP) is 6.93. The van der Waals surface area contributed by atoms with E-state index in [0.717, 1.165) is 18.4 Å². The number of phenols is 1. The fourth-order valence-corrected chi connectivity index (χ4v) is 6.62. The Labute approximate surface area is 224 Å². The summed E-state index contributed by atoms with van der Waals surface area (Å²) in [5.74, 6) is 0.793. The quantitative estimate of drug-likeness (QED) is 0.243. The van der Waals surface area contributed by atoms with E-state index in [4.69, 9.17) is 4.74 Å². The smallest absolute Gasteiger partial charge is 0.206 e. The average Bonchev–Trinajstić information content (AvgIpc) is 2.93. The molecule has 198 valence electrons. The Morgan fingerprint density at radius 3 is 1.24 bits per heavy atom. The van der Waals surface area contributed by atoms with E-state index in [9.17, 15) is 21.9 Å². The Kier molecular flexibility index (Phi) is 7.67. The fraction of sp³-hybridized carbons (Fsp3) is 0.200. The van der Waals surface area contributed by atoms with Crippen LogP contribution in [0.3, 0.4) is 0 Å². The largest absolute Gasteiger partial charge is 0.508 e. The minimum absolute atomic E-state index is 0.00912. The third kappa shape index (κ3) is 5.47. The van der Waals surface area contributed by atoms with E-state index in [0.29, 0.717) is 11.5 Å². The Balaban J connectivity index is 1.48. The molecule has 0 heterocycles. The van der Waals surface area contributed by atoms with E-state index in [1.807, 2.05) is 12.1 Å². The van der Waals surface area contributed by atoms with E-state index in [1.165, 1.54) is 60.7 Å². The number of hydrogen-bond donors (Lipinski definition) is 1. The molecule has 0 atom stereocenters. The SMILES string of the molecule is CCC(C)(CC)c1ccc(S(=O)(=O)c2ccc(Oc3ccc(S(=O)(=O)c4ccc(O)cc4)cc3)cc2)cc1. The first-order valence-electron chi connectivity index (χ1n) is 12.3. The van der Waals surface area contributed by atoms with Gasteiger partial charge in [0.2, 0.25) is 19.7 Å². The number of phenolic OH excluding ortho intramolecular Hbond substituents is 1. The summed E-state index contributed by atoms with van der Waals surface area (Å²) in [5.41, 5.74) is 1.13. The predicted molar refractivity (Wildman–Crippen MR) is 146 cm³/mol. The number of sulfone groups is 2. The van der Waals surface area contributed by atoms with Crippen LogP contribution in [0.4, 0.5) is 0 Å². The zero-order valence-electron chi connectivity index (χ0n) is 21.5. The molecule has 0 aliphatic rings. The van der Waals surface area contributed by atoms with Crippen LogP contribution in [0.2, 0.25) is 0 Å². The number of rotatable bonds is 9. The third-order valence-electron chi connectivity index (χ3n) is 7.07. The molecule has 0 fully saturated rings. The summed E-state index contributed by atoms with van der Waals surface area (Å²) < 4.78 is 57.7. The van der Waals surface area contributed by atoms with Gasteiger partial charge in [-0.3, -0.25) is 0 Å². The Morgan fingerprint density at radius 1 is 0.579 bits per heavy atom. The van der Waals surface area contributed by atoms with Crippen molar-refractivity contribution in [3.63, 3.8) is 0 Å². The van der Waals surface area contributed by atoms with Gasteiger partial charge in [0.05, 0.1) is 19.6 Å². The van der Waals surface area contributed by atoms with Crippen LogP contribution < -0.4 is 4.74 Å². The zero-order valence-corrected chi connectivity index (χ0v) is 23.1. The van der Waals surface area contributed by atoms with Crippen molar-refractivity contribution in [2.24, 2.45) is 0 Å². The maximum absolute atomic E-state index is 13.2. The zero-order chi connectivity index (χ0) is 27.6. The van der Waals surface area contributed by atoms with Crippen LogP contribution in [0.15, 0.2) is 117 Å². The van der Waals surface area contributed by atoms with Gasteiger partial charge in [0, 0.05) is 0 Å². The van der Waals surface area contributed by atoms with Crippen LogP contribution in [0, 0.1) is 0 Å². The molecule has 0 amide bonds. The van der Waals surface area contributed by atoms with Crippen LogP contribution in [0.1, 0.15) is 39.2 Å². The maximum Gasteiger partial charge on any atom is 0.206 e. The molecule has 0 bridgehead atoms. The molecule has 0 saturated heterocycles. The molecule has 0 saturated carbocycles. The van der Waals surface area contributed by atoms with Gasteiger partial charge in [0.15, 0.2) is 0 Å². The molecule has 4 rings (SSSR count). The summed E-state index contributed by atoms with van der Waals surface area (Å²) in [6, 6.07) is 24.4. The Bertz CT molecular complexity index is 1600. The van der Waals surface area contributed by atoms with Crippen molar-refractivity contribution >= 4 is 19.7 Å². The van der Waals surface area contributed by atoms with Crippen molar-refractivity contribution in [1.29, 1.82) is 0 Å². The van der Waals surface area contributed by atoms with Crippen LogP contribution in [-0.2, 0) is 25.1 Å². The van der Waals surface area contributed by atoms with Crippen molar-refractivity contribution in [2.75, 3.05) is 0 Å². The van der Waals surface area contributed by atoms with Crippen molar-refractivity contribution < 1.29 is 26.7 Å². The number of ether oxygens (including phenoxy) is 1. The average molecular weight is 551 g/mol. The van der Waals surface area contributed by atoms with Gasteiger partial charge >= 0.3 is 0 Å². The van der Waals surface area contributed by atoms with Crippen molar-refractivity contribution in [3.8, 4) is 17.2 Å². The molecule has 0 aliphatic carbocycles. The Hall–Kier alpha value is -3.62. The number of hydrogen-bond acceptors (Lipinski definition) is 6. The van der Waals surface area contributed by atoms with Gasteiger partial charge in [-0.2, -0.15) is 0 Å². The van der Waals surface area contributed by atoms with Gasteiger partial charge < -0.3 is 9.84 Å². The van der Waals surface area contributed by atoms with Crippen molar-refractivity contribution in [2.45, 2.75) is 58.6 Å². The highest BCUT2D eigenvalue weighted by molar-refractivity contribution is 7.91. The standard InChI is InChI=1S/C30H30O6S2/c1-4-30(3,5-2)22-6-14-26(15-7-22)37(32,33)28-18-10-24(11-19-28)36-25-12-20-29(21-13-25)38(34,35)27-16-8-23(31)9-17-27/h6-21,31H,4-5H2,1-3H3. The minimum atomic E-state index is -3.74. The van der Waals surface area contributed by atoms with E-state index in [-0.39, 0.29) is 30.7 Å². The first kappa shape index (κ1) is 27.4. The highest BCUT2D eigenvalue weighted by atomic mass is 32.2. The van der Waals surface area contributed by atoms with Gasteiger partial charge in [0.1, 0.15) is 17.2 Å². The first-order valence-corrected chi connectivity index (χ1v) is 15.2. The normalized spacial score (nSPS) is 12.3. The molecule has 4 aromatic rings. The summed E-state index contributed by atoms with van der Waals surface area (Å²) in [5, 5.41) is 9.40. The van der Waals surface area contributed by atoms with Gasteiger partial charge in [-0.15, -0.1) is 0 Å². The van der Waals surface area contributed by atoms with Crippen molar-refractivity contribution in [3.05, 3.63) is 103 Å². The summed E-state index contributed by atoms with van der Waals surface area (Å²) in [6.07, 6.45) is 1.93. The molecule has 1 N–H and O–H groups in total. The summed E-state index contributed by atoms with van der Waals surface area (Å²) in [6.45, 7) is 6.44. The summed E-state index contributed by atoms with van der Waals surface area (Å²) in [7, 11) is -7.43. The molecule has 0 radical (unpaired) electrons. The molecule has 0 aromatic heterocycles. The lowest BCUT2D eigenvalue weighted by Gasteiger charge is -2.27. The molecule has 0 aliphatic heterocycles. The third-order valence-corrected chi connectivity index (χ3v) is 10.6. The lowest BCUT2D eigenvalue weighted by Crippen LogP contribution is -2.19. The number of benzene rings is 4. The molecule has 38 heavy (non-hydrogen) atoms. The number of aromatic hydroxyl groups is 1. The topological polar surface area (TPSA) is 97.7 Å². The minimum Gasteiger partial charge on any atom is -0.508 e. The van der Waals surface area contributed by atoms with Crippen molar-refractivity contribution in [1.82, 2.24) is 0 Å². The molecule has 0 spiro atoms. The second kappa shape index (κ2) is 10.6. The lowest BCUT2D eigenvalue weighted by atomic mass is 9.78. The second-order valence-corrected chi connectivity index (χ2v) is 13.2. The van der Waals surface area contributed by atoms with E-state index in [1.54, 1.807) is 24.3 Å². The highest BCUT2D eigenvalue weighted by Gasteiger charge is 2.24. The van der Waals surface area contributed by atoms with Gasteiger partial charge in [-0.05, 0) is 109 Å². The van der Waals surface area contributed by atoms with Crippen LogP contribution in [-0.4, -0.2) is 21.9 Å². The molecular formula is C30H30O6S2. The van der Waals surface area contributed by atoms with Crippen LogP contribution >= 0.6 is 0 Å². The van der Waals surface area contributed by atoms with E-state index in [2.05, 4.69) is 20.8 Å². The van der Waals surface area contributed by atoms with Crippen LogP contribution in [0.25, 0.3) is 0 Å². The maximum atomic E-state index is 13.2. The highest BCUT2D eigenvalue weighted by Crippen LogP contribution is 2.33. The van der Waals surface area contributed by atoms with E-state index >= 15 is 0 Å². The van der Waals surface area contributed by atoms with Crippen LogP contribution in [0.5, 0.6) is 17.2 Å². The first-order chi connectivity index (χ1) is 18.0. The van der Waals surface area contributed by atoms with Gasteiger partial charge in [-0.1, -0.05) is 32.9 Å². The molecule has 0 unspecified atom stereocenters. The van der Waals surface area contributed by atoms with E-state index < -0.39 is 19.7 Å².